The lowest BCUT2D eigenvalue weighted by Crippen LogP contribution is -2.11. The lowest BCUT2D eigenvalue weighted by atomic mass is 9.87. The molecule has 0 aliphatic carbocycles. The summed E-state index contributed by atoms with van der Waals surface area (Å²) in [5.41, 5.74) is 2.33. The number of fused-ring (bicyclic) bond motifs is 1. The molecule has 0 aliphatic heterocycles. The first-order chi connectivity index (χ1) is 9.93. The highest BCUT2D eigenvalue weighted by atomic mass is 127. The quantitative estimate of drug-likeness (QED) is 0.490. The average molecular weight is 392 g/mol. The predicted molar refractivity (Wildman–Crippen MR) is 94.1 cm³/mol. The van der Waals surface area contributed by atoms with Crippen LogP contribution >= 0.6 is 22.6 Å². The summed E-state index contributed by atoms with van der Waals surface area (Å²) in [7, 11) is 0. The monoisotopic (exact) mass is 392 g/mol. The third-order valence-electron chi connectivity index (χ3n) is 3.45. The number of furan rings is 1. The first-order valence-corrected chi connectivity index (χ1v) is 7.96. The summed E-state index contributed by atoms with van der Waals surface area (Å²) in [6, 6.07) is 14.2. The van der Waals surface area contributed by atoms with Crippen molar-refractivity contribution in [2.24, 2.45) is 0 Å². The van der Waals surface area contributed by atoms with Gasteiger partial charge < -0.3 is 9.15 Å². The largest absolute Gasteiger partial charge is 0.464 e. The van der Waals surface area contributed by atoms with Crippen LogP contribution in [0.1, 0.15) is 26.3 Å². The second-order valence-corrected chi connectivity index (χ2v) is 7.28. The minimum Gasteiger partial charge on any atom is -0.464 e. The van der Waals surface area contributed by atoms with Gasteiger partial charge in [0.1, 0.15) is 17.1 Å². The summed E-state index contributed by atoms with van der Waals surface area (Å²) in [6.45, 7) is 6.64. The van der Waals surface area contributed by atoms with Gasteiger partial charge in [-0.3, -0.25) is 0 Å². The molecule has 0 amide bonds. The van der Waals surface area contributed by atoms with E-state index < -0.39 is 0 Å². The summed E-state index contributed by atoms with van der Waals surface area (Å²) in [5, 5.41) is 1.05. The van der Waals surface area contributed by atoms with Gasteiger partial charge in [0.05, 0.1) is 9.83 Å². The van der Waals surface area contributed by atoms with Crippen LogP contribution < -0.4 is 4.74 Å². The van der Waals surface area contributed by atoms with Crippen LogP contribution in [-0.4, -0.2) is 0 Å². The molecule has 2 aromatic carbocycles. The number of hydrogen-bond donors (Lipinski definition) is 0. The Morgan fingerprint density at radius 3 is 2.52 bits per heavy atom. The van der Waals surface area contributed by atoms with E-state index in [0.717, 1.165) is 26.0 Å². The minimum atomic E-state index is 0.147. The number of rotatable bonds is 2. The van der Waals surface area contributed by atoms with Gasteiger partial charge in [-0.05, 0) is 70.0 Å². The van der Waals surface area contributed by atoms with Gasteiger partial charge in [-0.15, -0.1) is 0 Å². The van der Waals surface area contributed by atoms with Crippen LogP contribution in [0.3, 0.4) is 0 Å². The van der Waals surface area contributed by atoms with Gasteiger partial charge in [0.2, 0.25) is 0 Å². The molecule has 21 heavy (non-hydrogen) atoms. The fourth-order valence-corrected chi connectivity index (χ4v) is 2.81. The van der Waals surface area contributed by atoms with E-state index in [1.807, 2.05) is 30.3 Å². The Labute approximate surface area is 138 Å². The van der Waals surface area contributed by atoms with E-state index in [9.17, 15) is 0 Å². The fourth-order valence-electron chi connectivity index (χ4n) is 2.19. The van der Waals surface area contributed by atoms with Gasteiger partial charge in [0.25, 0.3) is 0 Å². The highest BCUT2D eigenvalue weighted by Gasteiger charge is 2.15. The number of benzene rings is 2. The molecule has 1 aromatic heterocycles. The Balaban J connectivity index is 1.90. The molecule has 0 atom stereocenters. The zero-order valence-corrected chi connectivity index (χ0v) is 14.5. The lowest BCUT2D eigenvalue weighted by Gasteiger charge is -2.20. The van der Waals surface area contributed by atoms with E-state index >= 15 is 0 Å². The fraction of sp³-hybridized carbons (Fsp3) is 0.222. The molecule has 0 saturated heterocycles. The average Bonchev–Trinajstić information content (AvgIpc) is 2.87. The van der Waals surface area contributed by atoms with Gasteiger partial charge in [0.15, 0.2) is 0 Å². The molecule has 0 bridgehead atoms. The van der Waals surface area contributed by atoms with Crippen molar-refractivity contribution in [1.29, 1.82) is 0 Å². The standard InChI is InChI=1S/C18H17IO2/c1-18(2,3)13-4-6-17(15(19)11-13)21-14-5-7-16-12(10-14)8-9-20-16/h4-11H,1-3H3. The van der Waals surface area contributed by atoms with Gasteiger partial charge in [0, 0.05) is 5.39 Å². The molecule has 0 aliphatic rings. The third kappa shape index (κ3) is 3.07. The van der Waals surface area contributed by atoms with Crippen LogP contribution in [0.25, 0.3) is 11.0 Å². The normalized spacial score (nSPS) is 11.8. The zero-order valence-electron chi connectivity index (χ0n) is 12.3. The molecular weight excluding hydrogens is 375 g/mol. The Kier molecular flexibility index (Phi) is 3.69. The Bertz CT molecular complexity index is 781. The van der Waals surface area contributed by atoms with Gasteiger partial charge in [-0.2, -0.15) is 0 Å². The summed E-state index contributed by atoms with van der Waals surface area (Å²) in [4.78, 5) is 0. The van der Waals surface area contributed by atoms with Crippen molar-refractivity contribution in [3.63, 3.8) is 0 Å². The maximum absolute atomic E-state index is 6.01. The van der Waals surface area contributed by atoms with Gasteiger partial charge in [-0.25, -0.2) is 0 Å². The van der Waals surface area contributed by atoms with Crippen molar-refractivity contribution in [1.82, 2.24) is 0 Å². The van der Waals surface area contributed by atoms with Crippen molar-refractivity contribution in [3.8, 4) is 11.5 Å². The maximum atomic E-state index is 6.01. The smallest absolute Gasteiger partial charge is 0.140 e. The van der Waals surface area contributed by atoms with Crippen LogP contribution in [0.2, 0.25) is 0 Å². The van der Waals surface area contributed by atoms with E-state index in [4.69, 9.17) is 9.15 Å². The summed E-state index contributed by atoms with van der Waals surface area (Å²) >= 11 is 2.33. The highest BCUT2D eigenvalue weighted by molar-refractivity contribution is 14.1. The van der Waals surface area contributed by atoms with Crippen molar-refractivity contribution >= 4 is 33.6 Å². The number of halogens is 1. The number of hydrogen-bond acceptors (Lipinski definition) is 2. The first kappa shape index (κ1) is 14.4. The molecule has 3 heteroatoms. The lowest BCUT2D eigenvalue weighted by molar-refractivity contribution is 0.478. The summed E-state index contributed by atoms with van der Waals surface area (Å²) in [6.07, 6.45) is 1.69. The molecule has 3 aromatic rings. The van der Waals surface area contributed by atoms with Crippen LogP contribution in [0.4, 0.5) is 0 Å². The Hall–Kier alpha value is -1.49. The molecule has 0 radical (unpaired) electrons. The van der Waals surface area contributed by atoms with Crippen molar-refractivity contribution in [3.05, 3.63) is 57.9 Å². The maximum Gasteiger partial charge on any atom is 0.140 e. The van der Waals surface area contributed by atoms with Crippen LogP contribution in [0, 0.1) is 3.57 Å². The van der Waals surface area contributed by atoms with Crippen molar-refractivity contribution in [2.75, 3.05) is 0 Å². The molecule has 0 fully saturated rings. The van der Waals surface area contributed by atoms with Crippen LogP contribution in [0.5, 0.6) is 11.5 Å². The predicted octanol–water partition coefficient (Wildman–Crippen LogP) is 6.13. The molecule has 108 valence electrons. The van der Waals surface area contributed by atoms with E-state index in [1.165, 1.54) is 5.56 Å². The van der Waals surface area contributed by atoms with Crippen molar-refractivity contribution in [2.45, 2.75) is 26.2 Å². The molecule has 2 nitrogen and oxygen atoms in total. The molecule has 0 N–H and O–H groups in total. The van der Waals surface area contributed by atoms with Crippen LogP contribution in [0.15, 0.2) is 53.1 Å². The minimum absolute atomic E-state index is 0.147. The highest BCUT2D eigenvalue weighted by Crippen LogP contribution is 2.32. The van der Waals surface area contributed by atoms with Gasteiger partial charge in [-0.1, -0.05) is 26.8 Å². The van der Waals surface area contributed by atoms with Gasteiger partial charge >= 0.3 is 0 Å². The van der Waals surface area contributed by atoms with E-state index in [2.05, 4.69) is 55.5 Å². The first-order valence-electron chi connectivity index (χ1n) is 6.89. The molecular formula is C18H17IO2. The molecule has 1 heterocycles. The molecule has 3 rings (SSSR count). The number of ether oxygens (including phenoxy) is 1. The summed E-state index contributed by atoms with van der Waals surface area (Å²) in [5.74, 6) is 1.71. The molecule has 0 saturated carbocycles. The van der Waals surface area contributed by atoms with E-state index in [1.54, 1.807) is 6.26 Å². The zero-order chi connectivity index (χ0) is 15.0. The van der Waals surface area contributed by atoms with E-state index in [0.29, 0.717) is 0 Å². The molecule has 0 unspecified atom stereocenters. The third-order valence-corrected chi connectivity index (χ3v) is 4.29. The summed E-state index contributed by atoms with van der Waals surface area (Å²) < 4.78 is 12.5. The Morgan fingerprint density at radius 2 is 1.81 bits per heavy atom. The SMILES string of the molecule is CC(C)(C)c1ccc(Oc2ccc3occc3c2)c(I)c1. The molecule has 0 spiro atoms. The Morgan fingerprint density at radius 1 is 1.00 bits per heavy atom. The van der Waals surface area contributed by atoms with Crippen molar-refractivity contribution < 1.29 is 9.15 Å². The topological polar surface area (TPSA) is 22.4 Å². The van der Waals surface area contributed by atoms with E-state index in [-0.39, 0.29) is 5.41 Å². The second kappa shape index (κ2) is 5.37. The van der Waals surface area contributed by atoms with Crippen LogP contribution in [-0.2, 0) is 5.41 Å². The second-order valence-electron chi connectivity index (χ2n) is 6.12.